The van der Waals surface area contributed by atoms with E-state index in [0.717, 1.165) is 32.2 Å². The molecule has 1 aliphatic rings. The van der Waals surface area contributed by atoms with Crippen LogP contribution in [0.5, 0.6) is 0 Å². The highest BCUT2D eigenvalue weighted by molar-refractivity contribution is 6.37. The maximum absolute atomic E-state index is 10.7. The summed E-state index contributed by atoms with van der Waals surface area (Å²) in [6.07, 6.45) is 6.20. The lowest BCUT2D eigenvalue weighted by Gasteiger charge is -2.27. The zero-order valence-corrected chi connectivity index (χ0v) is 13.9. The molecule has 21 heavy (non-hydrogen) atoms. The van der Waals surface area contributed by atoms with Crippen LogP contribution in [0.15, 0.2) is 6.07 Å². The molecule has 118 valence electrons. The van der Waals surface area contributed by atoms with Crippen molar-refractivity contribution in [1.29, 1.82) is 0 Å². The van der Waals surface area contributed by atoms with Crippen LogP contribution >= 0.6 is 23.2 Å². The molecule has 1 aliphatic carbocycles. The molecule has 0 aromatic carbocycles. The van der Waals surface area contributed by atoms with Gasteiger partial charge < -0.3 is 15.7 Å². The summed E-state index contributed by atoms with van der Waals surface area (Å²) in [5.41, 5.74) is -0.667. The summed E-state index contributed by atoms with van der Waals surface area (Å²) in [4.78, 5) is 4.40. The second-order valence-corrected chi connectivity index (χ2v) is 6.49. The molecule has 4 nitrogen and oxygen atoms in total. The van der Waals surface area contributed by atoms with Crippen molar-refractivity contribution in [2.24, 2.45) is 0 Å². The van der Waals surface area contributed by atoms with E-state index in [9.17, 15) is 5.11 Å². The number of halogens is 2. The third-order valence-corrected chi connectivity index (χ3v) is 4.47. The van der Waals surface area contributed by atoms with Crippen molar-refractivity contribution >= 4 is 34.8 Å². The zero-order chi connectivity index (χ0) is 15.3. The van der Waals surface area contributed by atoms with Gasteiger partial charge in [0, 0.05) is 13.1 Å². The van der Waals surface area contributed by atoms with Gasteiger partial charge in [-0.25, -0.2) is 4.98 Å². The Kier molecular flexibility index (Phi) is 5.97. The molecule has 0 radical (unpaired) electrons. The van der Waals surface area contributed by atoms with Crippen LogP contribution in [-0.4, -0.2) is 28.8 Å². The minimum absolute atomic E-state index is 0.465. The molecule has 0 aliphatic heterocycles. The van der Waals surface area contributed by atoms with Gasteiger partial charge in [-0.1, -0.05) is 48.9 Å². The van der Waals surface area contributed by atoms with Crippen molar-refractivity contribution in [1.82, 2.24) is 4.98 Å². The number of hydrogen-bond acceptors (Lipinski definition) is 4. The number of pyridine rings is 1. The Hall–Kier alpha value is -0.710. The predicted octanol–water partition coefficient (Wildman–Crippen LogP) is 4.32. The standard InChI is InChI=1S/C15H23Cl2N3O/c1-2-18-13-11(16)9-12(17)14(20-13)19-10-15(21)7-5-3-4-6-8-15/h9,21H,2-8,10H2,1H3,(H2,18,19,20). The average Bonchev–Trinajstić information content (AvgIpc) is 2.66. The molecule has 6 heteroatoms. The number of hydrogen-bond donors (Lipinski definition) is 3. The first kappa shape index (κ1) is 16.7. The molecule has 0 spiro atoms. The molecule has 1 fully saturated rings. The quantitative estimate of drug-likeness (QED) is 0.703. The van der Waals surface area contributed by atoms with E-state index in [1.165, 1.54) is 12.8 Å². The number of nitrogens with one attached hydrogen (secondary N) is 2. The van der Waals surface area contributed by atoms with Crippen LogP contribution in [0.4, 0.5) is 11.6 Å². The third kappa shape index (κ3) is 4.63. The highest BCUT2D eigenvalue weighted by Crippen LogP contribution is 2.31. The molecule has 0 saturated heterocycles. The van der Waals surface area contributed by atoms with Gasteiger partial charge in [0.1, 0.15) is 11.6 Å². The summed E-state index contributed by atoms with van der Waals surface area (Å²) in [5.74, 6) is 1.17. The Morgan fingerprint density at radius 2 is 1.67 bits per heavy atom. The van der Waals surface area contributed by atoms with Crippen LogP contribution in [-0.2, 0) is 0 Å². The van der Waals surface area contributed by atoms with Crippen molar-refractivity contribution in [3.8, 4) is 0 Å². The van der Waals surface area contributed by atoms with Gasteiger partial charge >= 0.3 is 0 Å². The molecule has 0 unspecified atom stereocenters. The lowest BCUT2D eigenvalue weighted by Crippen LogP contribution is -2.36. The number of aliphatic hydroxyl groups is 1. The van der Waals surface area contributed by atoms with E-state index >= 15 is 0 Å². The Labute approximate surface area is 136 Å². The van der Waals surface area contributed by atoms with Gasteiger partial charge in [0.15, 0.2) is 0 Å². The summed E-state index contributed by atoms with van der Waals surface area (Å²) < 4.78 is 0. The van der Waals surface area contributed by atoms with E-state index in [0.29, 0.717) is 28.2 Å². The van der Waals surface area contributed by atoms with Crippen molar-refractivity contribution in [3.63, 3.8) is 0 Å². The van der Waals surface area contributed by atoms with Gasteiger partial charge in [0.25, 0.3) is 0 Å². The van der Waals surface area contributed by atoms with Crippen molar-refractivity contribution in [2.45, 2.75) is 51.0 Å². The SMILES string of the molecule is CCNc1nc(NCC2(O)CCCCCC2)c(Cl)cc1Cl. The number of aromatic nitrogens is 1. The van der Waals surface area contributed by atoms with Crippen LogP contribution < -0.4 is 10.6 Å². The van der Waals surface area contributed by atoms with E-state index in [-0.39, 0.29) is 0 Å². The maximum Gasteiger partial charge on any atom is 0.147 e. The first-order chi connectivity index (χ1) is 10.0. The maximum atomic E-state index is 10.7. The molecule has 1 aromatic rings. The second kappa shape index (κ2) is 7.52. The Morgan fingerprint density at radius 3 is 2.24 bits per heavy atom. The summed E-state index contributed by atoms with van der Waals surface area (Å²) in [6, 6.07) is 1.67. The number of nitrogens with zero attached hydrogens (tertiary/aromatic N) is 1. The van der Waals surface area contributed by atoms with Gasteiger partial charge in [-0.05, 0) is 25.8 Å². The first-order valence-electron chi connectivity index (χ1n) is 7.60. The van der Waals surface area contributed by atoms with Crippen molar-refractivity contribution in [2.75, 3.05) is 23.7 Å². The van der Waals surface area contributed by atoms with Crippen LogP contribution in [0.1, 0.15) is 45.4 Å². The predicted molar refractivity (Wildman–Crippen MR) is 89.6 cm³/mol. The highest BCUT2D eigenvalue weighted by atomic mass is 35.5. The molecule has 1 saturated carbocycles. The lowest BCUT2D eigenvalue weighted by molar-refractivity contribution is 0.0380. The van der Waals surface area contributed by atoms with Crippen molar-refractivity contribution < 1.29 is 5.11 Å². The lowest BCUT2D eigenvalue weighted by atomic mass is 9.94. The second-order valence-electron chi connectivity index (χ2n) is 5.67. The van der Waals surface area contributed by atoms with Crippen LogP contribution in [0.3, 0.4) is 0 Å². The zero-order valence-electron chi connectivity index (χ0n) is 12.4. The molecule has 0 atom stereocenters. The largest absolute Gasteiger partial charge is 0.388 e. The minimum atomic E-state index is -0.667. The summed E-state index contributed by atoms with van der Waals surface area (Å²) in [7, 11) is 0. The molecular formula is C15H23Cl2N3O. The van der Waals surface area contributed by atoms with Gasteiger partial charge in [0.05, 0.1) is 15.6 Å². The topological polar surface area (TPSA) is 57.2 Å². The average molecular weight is 332 g/mol. The van der Waals surface area contributed by atoms with E-state index < -0.39 is 5.60 Å². The molecule has 2 rings (SSSR count). The molecule has 0 amide bonds. The van der Waals surface area contributed by atoms with Crippen LogP contribution in [0.25, 0.3) is 0 Å². The summed E-state index contributed by atoms with van der Waals surface area (Å²) in [5, 5.41) is 17.9. The summed E-state index contributed by atoms with van der Waals surface area (Å²) >= 11 is 12.3. The third-order valence-electron chi connectivity index (χ3n) is 3.89. The van der Waals surface area contributed by atoms with Gasteiger partial charge in [-0.3, -0.25) is 0 Å². The molecule has 1 aromatic heterocycles. The van der Waals surface area contributed by atoms with E-state index in [1.54, 1.807) is 6.07 Å². The highest BCUT2D eigenvalue weighted by Gasteiger charge is 2.28. The first-order valence-corrected chi connectivity index (χ1v) is 8.36. The fraction of sp³-hybridized carbons (Fsp3) is 0.667. The van der Waals surface area contributed by atoms with E-state index in [1.807, 2.05) is 6.92 Å². The van der Waals surface area contributed by atoms with Gasteiger partial charge in [0.2, 0.25) is 0 Å². The molecule has 3 N–H and O–H groups in total. The van der Waals surface area contributed by atoms with Crippen LogP contribution in [0.2, 0.25) is 10.0 Å². The van der Waals surface area contributed by atoms with E-state index in [4.69, 9.17) is 23.2 Å². The fourth-order valence-electron chi connectivity index (χ4n) is 2.69. The molecule has 0 bridgehead atoms. The Balaban J connectivity index is 2.06. The molecule has 1 heterocycles. The monoisotopic (exact) mass is 331 g/mol. The fourth-order valence-corrected chi connectivity index (χ4v) is 3.19. The molecular weight excluding hydrogens is 309 g/mol. The summed E-state index contributed by atoms with van der Waals surface area (Å²) in [6.45, 7) is 3.18. The number of anilines is 2. The Bertz CT molecular complexity index is 474. The smallest absolute Gasteiger partial charge is 0.147 e. The van der Waals surface area contributed by atoms with Gasteiger partial charge in [-0.2, -0.15) is 0 Å². The Morgan fingerprint density at radius 1 is 1.10 bits per heavy atom. The minimum Gasteiger partial charge on any atom is -0.388 e. The normalized spacial score (nSPS) is 18.1. The van der Waals surface area contributed by atoms with Crippen molar-refractivity contribution in [3.05, 3.63) is 16.1 Å². The number of rotatable bonds is 5. The van der Waals surface area contributed by atoms with Gasteiger partial charge in [-0.15, -0.1) is 0 Å². The van der Waals surface area contributed by atoms with Crippen LogP contribution in [0, 0.1) is 0 Å². The van der Waals surface area contributed by atoms with E-state index in [2.05, 4.69) is 15.6 Å².